The Bertz CT molecular complexity index is 1660. The number of anilines is 1. The first-order chi connectivity index (χ1) is 17.5. The normalized spacial score (nSPS) is 15.0. The van der Waals surface area contributed by atoms with Crippen molar-refractivity contribution in [3.05, 3.63) is 111 Å². The molecule has 1 amide bonds. The molecule has 2 aromatic heterocycles. The van der Waals surface area contributed by atoms with E-state index in [9.17, 15) is 9.59 Å². The van der Waals surface area contributed by atoms with E-state index in [4.69, 9.17) is 9.15 Å². The lowest BCUT2D eigenvalue weighted by molar-refractivity contribution is 0.0970. The molecular weight excluding hydrogens is 474 g/mol. The highest BCUT2D eigenvalue weighted by molar-refractivity contribution is 7.15. The number of hydrogen-bond acceptors (Lipinski definition) is 7. The molecule has 0 N–H and O–H groups in total. The maximum Gasteiger partial charge on any atom is 0.297 e. The van der Waals surface area contributed by atoms with Crippen molar-refractivity contribution >= 4 is 33.3 Å². The van der Waals surface area contributed by atoms with Gasteiger partial charge in [-0.2, -0.15) is 0 Å². The number of carbonyl (C=O) groups excluding carboxylic acids is 1. The minimum Gasteiger partial charge on any atom is -0.457 e. The molecular formula is C28H21N3O4S. The third kappa shape index (κ3) is 3.67. The molecule has 0 radical (unpaired) electrons. The average Bonchev–Trinajstić information content (AvgIpc) is 3.49. The first kappa shape index (κ1) is 22.2. The summed E-state index contributed by atoms with van der Waals surface area (Å²) >= 11 is 1.34. The minimum absolute atomic E-state index is 0.0272. The van der Waals surface area contributed by atoms with E-state index in [2.05, 4.69) is 10.2 Å². The Kier molecular flexibility index (Phi) is 5.38. The minimum atomic E-state index is -0.736. The lowest BCUT2D eigenvalue weighted by atomic mass is 9.98. The fourth-order valence-corrected chi connectivity index (χ4v) is 5.23. The van der Waals surface area contributed by atoms with Crippen molar-refractivity contribution in [1.82, 2.24) is 10.2 Å². The van der Waals surface area contributed by atoms with Crippen molar-refractivity contribution in [3.63, 3.8) is 0 Å². The summed E-state index contributed by atoms with van der Waals surface area (Å²) in [6.07, 6.45) is 0. The van der Waals surface area contributed by atoms with E-state index < -0.39 is 11.9 Å². The molecule has 0 fully saturated rings. The van der Waals surface area contributed by atoms with Gasteiger partial charge in [0, 0.05) is 5.92 Å². The van der Waals surface area contributed by atoms with Gasteiger partial charge in [-0.3, -0.25) is 14.5 Å². The van der Waals surface area contributed by atoms with Gasteiger partial charge in [0.25, 0.3) is 5.91 Å². The van der Waals surface area contributed by atoms with E-state index in [1.807, 2.05) is 68.4 Å². The molecule has 3 heterocycles. The molecule has 1 aliphatic rings. The van der Waals surface area contributed by atoms with Crippen LogP contribution in [0.25, 0.3) is 11.0 Å². The second-order valence-corrected chi connectivity index (χ2v) is 9.80. The Morgan fingerprint density at radius 1 is 0.917 bits per heavy atom. The Hall–Kier alpha value is -4.30. The van der Waals surface area contributed by atoms with Crippen LogP contribution in [0.5, 0.6) is 11.5 Å². The number of amides is 1. The molecule has 178 valence electrons. The van der Waals surface area contributed by atoms with Gasteiger partial charge >= 0.3 is 0 Å². The average molecular weight is 496 g/mol. The van der Waals surface area contributed by atoms with Crippen molar-refractivity contribution in [2.24, 2.45) is 0 Å². The van der Waals surface area contributed by atoms with E-state index in [0.29, 0.717) is 33.2 Å². The molecule has 36 heavy (non-hydrogen) atoms. The summed E-state index contributed by atoms with van der Waals surface area (Å²) < 4.78 is 12.1. The Morgan fingerprint density at radius 3 is 2.44 bits per heavy atom. The van der Waals surface area contributed by atoms with Crippen molar-refractivity contribution in [1.29, 1.82) is 0 Å². The molecule has 7 nitrogen and oxygen atoms in total. The van der Waals surface area contributed by atoms with E-state index in [1.54, 1.807) is 24.3 Å². The predicted octanol–water partition coefficient (Wildman–Crippen LogP) is 6.31. The summed E-state index contributed by atoms with van der Waals surface area (Å²) in [5.74, 6) is 1.04. The highest BCUT2D eigenvalue weighted by Crippen LogP contribution is 2.43. The largest absolute Gasteiger partial charge is 0.457 e. The number of hydrogen-bond donors (Lipinski definition) is 0. The molecule has 8 heteroatoms. The molecule has 0 spiro atoms. The lowest BCUT2D eigenvalue weighted by Gasteiger charge is -2.22. The van der Waals surface area contributed by atoms with Gasteiger partial charge in [0.05, 0.1) is 17.0 Å². The van der Waals surface area contributed by atoms with Crippen LogP contribution in [0.1, 0.15) is 52.5 Å². The maximum absolute atomic E-state index is 13.7. The summed E-state index contributed by atoms with van der Waals surface area (Å²) in [5.41, 5.74) is 1.13. The van der Waals surface area contributed by atoms with Gasteiger partial charge in [0.15, 0.2) is 5.43 Å². The first-order valence-electron chi connectivity index (χ1n) is 11.6. The van der Waals surface area contributed by atoms with Crippen LogP contribution >= 0.6 is 11.3 Å². The monoisotopic (exact) mass is 495 g/mol. The van der Waals surface area contributed by atoms with Gasteiger partial charge in [-0.1, -0.05) is 67.6 Å². The molecule has 5 aromatic rings. The van der Waals surface area contributed by atoms with Crippen LogP contribution in [0.4, 0.5) is 5.13 Å². The van der Waals surface area contributed by atoms with Gasteiger partial charge in [-0.05, 0) is 42.0 Å². The van der Waals surface area contributed by atoms with Crippen LogP contribution in [0.3, 0.4) is 0 Å². The number of ether oxygens (including phenoxy) is 1. The van der Waals surface area contributed by atoms with E-state index >= 15 is 0 Å². The maximum atomic E-state index is 13.7. The van der Waals surface area contributed by atoms with Gasteiger partial charge in [0.1, 0.15) is 22.1 Å². The highest BCUT2D eigenvalue weighted by atomic mass is 32.1. The first-order valence-corrected chi connectivity index (χ1v) is 12.4. The summed E-state index contributed by atoms with van der Waals surface area (Å²) in [5, 5.41) is 10.2. The van der Waals surface area contributed by atoms with Crippen LogP contribution in [0, 0.1) is 0 Å². The molecule has 0 unspecified atom stereocenters. The van der Waals surface area contributed by atoms with Gasteiger partial charge in [-0.15, -0.1) is 10.2 Å². The highest BCUT2D eigenvalue weighted by Gasteiger charge is 2.45. The standard InChI is InChI=1S/C28H21N3O4S/c1-16(2)26-29-30-28(36-26)31-23(17-9-8-12-19(15-17)34-18-10-4-3-5-11-18)22-24(32)20-13-6-7-14-21(20)35-25(22)27(31)33/h3-16,23H,1-2H3/t23-/m0/s1. The van der Waals surface area contributed by atoms with Gasteiger partial charge < -0.3 is 9.15 Å². The quantitative estimate of drug-likeness (QED) is 0.284. The Morgan fingerprint density at radius 2 is 1.67 bits per heavy atom. The fourth-order valence-electron chi connectivity index (χ4n) is 4.36. The summed E-state index contributed by atoms with van der Waals surface area (Å²) in [4.78, 5) is 29.0. The number of nitrogens with zero attached hydrogens (tertiary/aromatic N) is 3. The molecule has 6 rings (SSSR count). The number of para-hydroxylation sites is 2. The fraction of sp³-hybridized carbons (Fsp3) is 0.143. The Balaban J connectivity index is 1.54. The topological polar surface area (TPSA) is 85.5 Å². The summed E-state index contributed by atoms with van der Waals surface area (Å²) in [6, 6.07) is 23.0. The van der Waals surface area contributed by atoms with Crippen LogP contribution in [-0.2, 0) is 0 Å². The second-order valence-electron chi connectivity index (χ2n) is 8.81. The number of fused-ring (bicyclic) bond motifs is 2. The zero-order valence-electron chi connectivity index (χ0n) is 19.5. The van der Waals surface area contributed by atoms with Gasteiger partial charge in [-0.25, -0.2) is 0 Å². The number of benzene rings is 3. The molecule has 0 aliphatic carbocycles. The van der Waals surface area contributed by atoms with E-state index in [0.717, 1.165) is 5.01 Å². The van der Waals surface area contributed by atoms with E-state index in [-0.39, 0.29) is 22.7 Å². The molecule has 0 saturated heterocycles. The molecule has 0 saturated carbocycles. The number of rotatable bonds is 5. The molecule has 0 bridgehead atoms. The van der Waals surface area contributed by atoms with Gasteiger partial charge in [0.2, 0.25) is 10.9 Å². The van der Waals surface area contributed by atoms with Crippen LogP contribution in [-0.4, -0.2) is 16.1 Å². The van der Waals surface area contributed by atoms with Crippen molar-refractivity contribution in [2.75, 3.05) is 4.90 Å². The van der Waals surface area contributed by atoms with Crippen molar-refractivity contribution < 1.29 is 13.9 Å². The molecule has 3 aromatic carbocycles. The second kappa shape index (κ2) is 8.73. The predicted molar refractivity (Wildman–Crippen MR) is 138 cm³/mol. The van der Waals surface area contributed by atoms with Crippen molar-refractivity contribution in [3.8, 4) is 11.5 Å². The zero-order valence-corrected chi connectivity index (χ0v) is 20.4. The van der Waals surface area contributed by atoms with Crippen LogP contribution in [0.2, 0.25) is 0 Å². The van der Waals surface area contributed by atoms with Crippen LogP contribution in [0.15, 0.2) is 88.1 Å². The lowest BCUT2D eigenvalue weighted by Crippen LogP contribution is -2.29. The third-order valence-corrected chi connectivity index (χ3v) is 7.28. The molecule has 1 atom stereocenters. The third-order valence-electron chi connectivity index (χ3n) is 6.06. The van der Waals surface area contributed by atoms with Crippen molar-refractivity contribution in [2.45, 2.75) is 25.8 Å². The van der Waals surface area contributed by atoms with E-state index in [1.165, 1.54) is 16.2 Å². The SMILES string of the molecule is CC(C)c1nnc(N2C(=O)c3oc4ccccc4c(=O)c3[C@@H]2c2cccc(Oc3ccccc3)c2)s1. The number of carbonyl (C=O) groups is 1. The molecule has 1 aliphatic heterocycles. The summed E-state index contributed by atoms with van der Waals surface area (Å²) in [7, 11) is 0. The zero-order chi connectivity index (χ0) is 24.8. The summed E-state index contributed by atoms with van der Waals surface area (Å²) in [6.45, 7) is 4.04. The van der Waals surface area contributed by atoms with Crippen LogP contribution < -0.4 is 15.1 Å². The smallest absolute Gasteiger partial charge is 0.297 e. The number of aromatic nitrogens is 2. The Labute approximate surface area is 210 Å².